The van der Waals surface area contributed by atoms with E-state index in [1.807, 2.05) is 24.3 Å². The number of hydrogen-bond acceptors (Lipinski definition) is 4. The molecule has 5 nitrogen and oxygen atoms in total. The van der Waals surface area contributed by atoms with Crippen molar-refractivity contribution in [1.29, 1.82) is 0 Å². The first-order chi connectivity index (χ1) is 10.0. The first-order valence-electron chi connectivity index (χ1n) is 7.29. The van der Waals surface area contributed by atoms with Gasteiger partial charge in [0.25, 0.3) is 0 Å². The van der Waals surface area contributed by atoms with E-state index in [1.165, 1.54) is 0 Å². The smallest absolute Gasteiger partial charge is 0.310 e. The molecule has 1 aromatic rings. The number of rotatable bonds is 5. The average molecular weight is 293 g/mol. The number of morpholine rings is 1. The molecule has 2 rings (SSSR count). The van der Waals surface area contributed by atoms with Crippen LogP contribution in [0.5, 0.6) is 0 Å². The molecule has 1 aliphatic heterocycles. The molecule has 2 N–H and O–H groups in total. The second-order valence-corrected chi connectivity index (χ2v) is 5.72. The van der Waals surface area contributed by atoms with Gasteiger partial charge >= 0.3 is 5.97 Å². The maximum atomic E-state index is 11.0. The highest BCUT2D eigenvalue weighted by Gasteiger charge is 2.25. The molecule has 0 spiro atoms. The maximum absolute atomic E-state index is 11.0. The van der Waals surface area contributed by atoms with Crippen molar-refractivity contribution in [2.75, 3.05) is 19.8 Å². The van der Waals surface area contributed by atoms with Crippen molar-refractivity contribution in [1.82, 2.24) is 4.90 Å². The lowest BCUT2D eigenvalue weighted by Crippen LogP contribution is -2.48. The minimum absolute atomic E-state index is 0.0400. The van der Waals surface area contributed by atoms with Crippen LogP contribution in [0.2, 0.25) is 0 Å². The van der Waals surface area contributed by atoms with Crippen molar-refractivity contribution in [3.05, 3.63) is 35.4 Å². The summed E-state index contributed by atoms with van der Waals surface area (Å²) in [7, 11) is 0. The van der Waals surface area contributed by atoms with Crippen LogP contribution in [0.25, 0.3) is 0 Å². The number of carboxylic acid groups (broad SMARTS) is 1. The van der Waals surface area contributed by atoms with Gasteiger partial charge in [0.15, 0.2) is 0 Å². The van der Waals surface area contributed by atoms with Crippen LogP contribution < -0.4 is 0 Å². The minimum atomic E-state index is -0.810. The Labute approximate surface area is 125 Å². The number of aliphatic carboxylic acids is 1. The van der Waals surface area contributed by atoms with Crippen molar-refractivity contribution >= 4 is 5.97 Å². The van der Waals surface area contributed by atoms with Gasteiger partial charge in [-0.1, -0.05) is 24.3 Å². The molecule has 1 aliphatic rings. The predicted octanol–water partition coefficient (Wildman–Crippen LogP) is 1.46. The van der Waals surface area contributed by atoms with Gasteiger partial charge < -0.3 is 14.9 Å². The van der Waals surface area contributed by atoms with Gasteiger partial charge in [0.2, 0.25) is 0 Å². The molecular weight excluding hydrogens is 270 g/mol. The van der Waals surface area contributed by atoms with Gasteiger partial charge in [0.05, 0.1) is 25.2 Å². The van der Waals surface area contributed by atoms with E-state index in [1.54, 1.807) is 6.92 Å². The first kappa shape index (κ1) is 15.9. The maximum Gasteiger partial charge on any atom is 0.310 e. The molecule has 0 aliphatic carbocycles. The quantitative estimate of drug-likeness (QED) is 0.860. The molecule has 0 aromatic heterocycles. The third kappa shape index (κ3) is 4.03. The molecule has 1 aromatic carbocycles. The number of ether oxygens (including phenoxy) is 1. The van der Waals surface area contributed by atoms with Gasteiger partial charge in [-0.05, 0) is 25.0 Å². The summed E-state index contributed by atoms with van der Waals surface area (Å²) in [4.78, 5) is 13.2. The van der Waals surface area contributed by atoms with E-state index in [0.717, 1.165) is 17.7 Å². The number of aliphatic hydroxyl groups excluding tert-OH is 1. The largest absolute Gasteiger partial charge is 0.481 e. The first-order valence-corrected chi connectivity index (χ1v) is 7.29. The molecule has 0 saturated carbocycles. The van der Waals surface area contributed by atoms with Crippen LogP contribution in [-0.4, -0.2) is 53.0 Å². The van der Waals surface area contributed by atoms with Gasteiger partial charge in [-0.25, -0.2) is 0 Å². The van der Waals surface area contributed by atoms with Crippen molar-refractivity contribution in [2.45, 2.75) is 38.5 Å². The lowest BCUT2D eigenvalue weighted by atomic mass is 10.00. The van der Waals surface area contributed by atoms with E-state index in [4.69, 9.17) is 9.84 Å². The highest BCUT2D eigenvalue weighted by Crippen LogP contribution is 2.19. The van der Waals surface area contributed by atoms with Gasteiger partial charge in [-0.3, -0.25) is 9.69 Å². The molecule has 1 fully saturated rings. The van der Waals surface area contributed by atoms with Gasteiger partial charge in [-0.15, -0.1) is 0 Å². The third-order valence-electron chi connectivity index (χ3n) is 4.07. The molecule has 0 radical (unpaired) electrons. The Bertz CT molecular complexity index is 474. The second kappa shape index (κ2) is 7.02. The second-order valence-electron chi connectivity index (χ2n) is 5.72. The molecule has 5 heteroatoms. The van der Waals surface area contributed by atoms with Crippen molar-refractivity contribution in [3.63, 3.8) is 0 Å². The number of carboxylic acids is 1. The highest BCUT2D eigenvalue weighted by atomic mass is 16.5. The monoisotopic (exact) mass is 293 g/mol. The van der Waals surface area contributed by atoms with E-state index in [9.17, 15) is 9.90 Å². The number of hydrogen-bond donors (Lipinski definition) is 2. The van der Waals surface area contributed by atoms with Gasteiger partial charge in [0.1, 0.15) is 0 Å². The van der Waals surface area contributed by atoms with Crippen LogP contribution in [0.1, 0.15) is 30.9 Å². The zero-order valence-corrected chi connectivity index (χ0v) is 12.5. The molecule has 0 bridgehead atoms. The number of benzene rings is 1. The summed E-state index contributed by atoms with van der Waals surface area (Å²) in [6.07, 6.45) is -0.118. The summed E-state index contributed by atoms with van der Waals surface area (Å²) >= 11 is 0. The minimum Gasteiger partial charge on any atom is -0.481 e. The Morgan fingerprint density at radius 3 is 2.67 bits per heavy atom. The fourth-order valence-electron chi connectivity index (χ4n) is 2.49. The molecule has 116 valence electrons. The molecule has 21 heavy (non-hydrogen) atoms. The Hall–Kier alpha value is -1.43. The van der Waals surface area contributed by atoms with Crippen molar-refractivity contribution in [3.8, 4) is 0 Å². The summed E-state index contributed by atoms with van der Waals surface area (Å²) in [5.74, 6) is -1.30. The molecule has 1 saturated heterocycles. The Kier molecular flexibility index (Phi) is 5.33. The fraction of sp³-hybridized carbons (Fsp3) is 0.562. The summed E-state index contributed by atoms with van der Waals surface area (Å²) in [6, 6.07) is 8.02. The van der Waals surface area contributed by atoms with E-state index >= 15 is 0 Å². The third-order valence-corrected chi connectivity index (χ3v) is 4.07. The molecule has 1 heterocycles. The van der Waals surface area contributed by atoms with E-state index in [2.05, 4.69) is 11.8 Å². The average Bonchev–Trinajstić information content (AvgIpc) is 2.49. The summed E-state index contributed by atoms with van der Waals surface area (Å²) in [5, 5.41) is 18.2. The zero-order valence-electron chi connectivity index (χ0n) is 12.5. The van der Waals surface area contributed by atoms with Crippen LogP contribution in [0.15, 0.2) is 24.3 Å². The van der Waals surface area contributed by atoms with Crippen LogP contribution in [0.3, 0.4) is 0 Å². The highest BCUT2D eigenvalue weighted by molar-refractivity contribution is 5.75. The lowest BCUT2D eigenvalue weighted by molar-refractivity contribution is -0.138. The van der Waals surface area contributed by atoms with E-state index < -0.39 is 11.9 Å². The number of carbonyl (C=O) groups is 1. The summed E-state index contributed by atoms with van der Waals surface area (Å²) < 4.78 is 5.53. The normalized spacial score (nSPS) is 24.7. The number of nitrogens with zero attached hydrogens (tertiary/aromatic N) is 1. The van der Waals surface area contributed by atoms with E-state index in [-0.39, 0.29) is 12.7 Å². The van der Waals surface area contributed by atoms with Crippen molar-refractivity contribution in [2.24, 2.45) is 0 Å². The fourth-order valence-corrected chi connectivity index (χ4v) is 2.49. The zero-order chi connectivity index (χ0) is 15.4. The molecule has 0 amide bonds. The van der Waals surface area contributed by atoms with Crippen LogP contribution >= 0.6 is 0 Å². The molecular formula is C16H23NO4. The van der Waals surface area contributed by atoms with Crippen molar-refractivity contribution < 1.29 is 19.7 Å². The Morgan fingerprint density at radius 1 is 1.43 bits per heavy atom. The summed E-state index contributed by atoms with van der Waals surface area (Å²) in [5.41, 5.74) is 1.95. The van der Waals surface area contributed by atoms with Crippen LogP contribution in [0, 0.1) is 0 Å². The lowest BCUT2D eigenvalue weighted by Gasteiger charge is -2.37. The Morgan fingerprint density at radius 2 is 2.10 bits per heavy atom. The van der Waals surface area contributed by atoms with Gasteiger partial charge in [0, 0.05) is 19.1 Å². The topological polar surface area (TPSA) is 70.0 Å². The standard InChI is InChI=1S/C16H23NO4/c1-11-10-21-15(9-18)8-17(11)7-13-3-5-14(6-4-13)12(2)16(19)20/h3-6,11-12,15,18H,7-10H2,1-2H3,(H,19,20). The molecule has 3 atom stereocenters. The van der Waals surface area contributed by atoms with Gasteiger partial charge in [-0.2, -0.15) is 0 Å². The molecule has 3 unspecified atom stereocenters. The van der Waals surface area contributed by atoms with Crippen LogP contribution in [-0.2, 0) is 16.1 Å². The SMILES string of the molecule is CC(C(=O)O)c1ccc(CN2CC(CO)OCC2C)cc1. The van der Waals surface area contributed by atoms with Crippen LogP contribution in [0.4, 0.5) is 0 Å². The Balaban J connectivity index is 2.00. The number of aliphatic hydroxyl groups is 1. The van der Waals surface area contributed by atoms with E-state index in [0.29, 0.717) is 19.2 Å². The predicted molar refractivity (Wildman–Crippen MR) is 79.2 cm³/mol. The summed E-state index contributed by atoms with van der Waals surface area (Å²) in [6.45, 7) is 5.95.